The molecule has 3 aromatic carbocycles. The highest BCUT2D eigenvalue weighted by atomic mass is 16.5. The minimum Gasteiger partial charge on any atom is -0.481 e. The van der Waals surface area contributed by atoms with Crippen molar-refractivity contribution in [1.82, 2.24) is 10.6 Å². The Morgan fingerprint density at radius 3 is 2.08 bits per heavy atom. The van der Waals surface area contributed by atoms with Crippen LogP contribution in [0.5, 0.6) is 0 Å². The molecule has 1 aliphatic carbocycles. The molecule has 9 nitrogen and oxygen atoms in total. The summed E-state index contributed by atoms with van der Waals surface area (Å²) in [5.74, 6) is -3.12. The zero-order chi connectivity index (χ0) is 28.5. The second-order valence-corrected chi connectivity index (χ2v) is 9.69. The lowest BCUT2D eigenvalue weighted by Crippen LogP contribution is -2.48. The van der Waals surface area contributed by atoms with Crippen LogP contribution in [-0.4, -0.2) is 48.2 Å². The van der Waals surface area contributed by atoms with Gasteiger partial charge >= 0.3 is 18.0 Å². The fraction of sp³-hybridized carbons (Fsp3) is 0.290. The standard InChI is InChI=1S/C31H32N2O7/c1-20(30(36)37)15-16-32-29(35)27(17-28(34)39-18-21-9-3-2-4-10-21)33-31(38)40-19-26-24-13-7-5-11-22(24)23-12-6-8-14-25(23)26/h2-14,20,26-27H,15-19H2,1H3,(H,32,35)(H,33,38)(H,36,37)/t20?,27-/m0/s1. The number of nitrogens with one attached hydrogen (secondary N) is 2. The van der Waals surface area contributed by atoms with Crippen LogP contribution in [0.1, 0.15) is 42.4 Å². The van der Waals surface area contributed by atoms with Crippen LogP contribution in [0.2, 0.25) is 0 Å². The summed E-state index contributed by atoms with van der Waals surface area (Å²) in [6, 6.07) is 23.7. The lowest BCUT2D eigenvalue weighted by atomic mass is 9.98. The zero-order valence-corrected chi connectivity index (χ0v) is 22.2. The maximum absolute atomic E-state index is 12.9. The number of carbonyl (C=O) groups excluding carboxylic acids is 3. The van der Waals surface area contributed by atoms with Crippen molar-refractivity contribution in [3.05, 3.63) is 95.6 Å². The number of fused-ring (bicyclic) bond motifs is 3. The first-order chi connectivity index (χ1) is 19.3. The fourth-order valence-electron chi connectivity index (χ4n) is 4.61. The van der Waals surface area contributed by atoms with E-state index in [1.165, 1.54) is 6.92 Å². The summed E-state index contributed by atoms with van der Waals surface area (Å²) in [4.78, 5) is 49.3. The molecular weight excluding hydrogens is 512 g/mol. The van der Waals surface area contributed by atoms with Gasteiger partial charge in [0.05, 0.1) is 12.3 Å². The van der Waals surface area contributed by atoms with Crippen molar-refractivity contribution in [2.75, 3.05) is 13.2 Å². The van der Waals surface area contributed by atoms with Gasteiger partial charge in [0.25, 0.3) is 0 Å². The van der Waals surface area contributed by atoms with E-state index in [1.54, 1.807) is 12.1 Å². The maximum Gasteiger partial charge on any atom is 0.407 e. The van der Waals surface area contributed by atoms with E-state index in [-0.39, 0.29) is 32.1 Å². The molecule has 0 spiro atoms. The predicted molar refractivity (Wildman–Crippen MR) is 147 cm³/mol. The number of carbonyl (C=O) groups is 4. The molecule has 3 aromatic rings. The van der Waals surface area contributed by atoms with Crippen LogP contribution in [0.15, 0.2) is 78.9 Å². The Bertz CT molecular complexity index is 1310. The van der Waals surface area contributed by atoms with Crippen molar-refractivity contribution in [3.63, 3.8) is 0 Å². The Morgan fingerprint density at radius 1 is 0.850 bits per heavy atom. The average Bonchev–Trinajstić information content (AvgIpc) is 3.28. The summed E-state index contributed by atoms with van der Waals surface area (Å²) in [5.41, 5.74) is 5.04. The van der Waals surface area contributed by atoms with Crippen LogP contribution in [0.25, 0.3) is 11.1 Å². The van der Waals surface area contributed by atoms with E-state index in [0.717, 1.165) is 27.8 Å². The smallest absolute Gasteiger partial charge is 0.407 e. The van der Waals surface area contributed by atoms with Gasteiger partial charge in [-0.2, -0.15) is 0 Å². The van der Waals surface area contributed by atoms with Crippen molar-refractivity contribution in [2.24, 2.45) is 5.92 Å². The lowest BCUT2D eigenvalue weighted by molar-refractivity contribution is -0.147. The first-order valence-electron chi connectivity index (χ1n) is 13.1. The number of esters is 1. The Kier molecular flexibility index (Phi) is 9.51. The molecule has 0 saturated heterocycles. The minimum absolute atomic E-state index is 0.0229. The highest BCUT2D eigenvalue weighted by Crippen LogP contribution is 2.44. The van der Waals surface area contributed by atoms with Crippen LogP contribution < -0.4 is 10.6 Å². The number of benzene rings is 3. The summed E-state index contributed by atoms with van der Waals surface area (Å²) in [6.45, 7) is 1.66. The van der Waals surface area contributed by atoms with E-state index in [4.69, 9.17) is 14.6 Å². The molecule has 0 radical (unpaired) electrons. The maximum atomic E-state index is 12.9. The van der Waals surface area contributed by atoms with Crippen LogP contribution in [0, 0.1) is 5.92 Å². The van der Waals surface area contributed by atoms with Crippen LogP contribution in [0.4, 0.5) is 4.79 Å². The minimum atomic E-state index is -1.26. The largest absolute Gasteiger partial charge is 0.481 e. The molecule has 1 aliphatic rings. The average molecular weight is 545 g/mol. The Morgan fingerprint density at radius 2 is 1.45 bits per heavy atom. The van der Waals surface area contributed by atoms with Gasteiger partial charge in [-0.1, -0.05) is 85.8 Å². The topological polar surface area (TPSA) is 131 Å². The van der Waals surface area contributed by atoms with Gasteiger partial charge in [-0.05, 0) is 34.2 Å². The van der Waals surface area contributed by atoms with Crippen molar-refractivity contribution in [2.45, 2.75) is 38.3 Å². The number of hydrogen-bond acceptors (Lipinski definition) is 6. The summed E-state index contributed by atoms with van der Waals surface area (Å²) in [7, 11) is 0. The number of carboxylic acid groups (broad SMARTS) is 1. The third-order valence-electron chi connectivity index (χ3n) is 6.86. The van der Waals surface area contributed by atoms with Crippen molar-refractivity contribution < 1.29 is 33.8 Å². The molecule has 3 N–H and O–H groups in total. The van der Waals surface area contributed by atoms with Gasteiger partial charge in [0.1, 0.15) is 19.3 Å². The monoisotopic (exact) mass is 544 g/mol. The fourth-order valence-corrected chi connectivity index (χ4v) is 4.61. The van der Waals surface area contributed by atoms with E-state index < -0.39 is 42.3 Å². The molecule has 9 heteroatoms. The molecule has 208 valence electrons. The molecule has 0 saturated carbocycles. The van der Waals surface area contributed by atoms with Crippen molar-refractivity contribution in [3.8, 4) is 11.1 Å². The van der Waals surface area contributed by atoms with E-state index in [1.807, 2.05) is 66.7 Å². The number of alkyl carbamates (subject to hydrolysis) is 1. The first kappa shape index (κ1) is 28.4. The number of carboxylic acids is 1. The second kappa shape index (κ2) is 13.4. The van der Waals surface area contributed by atoms with E-state index >= 15 is 0 Å². The summed E-state index contributed by atoms with van der Waals surface area (Å²) < 4.78 is 10.8. The molecule has 2 amide bonds. The van der Waals surface area contributed by atoms with E-state index in [9.17, 15) is 19.2 Å². The third kappa shape index (κ3) is 7.25. The normalized spacial score (nSPS) is 13.3. The van der Waals surface area contributed by atoms with Crippen LogP contribution in [-0.2, 0) is 30.5 Å². The van der Waals surface area contributed by atoms with Gasteiger partial charge in [-0.25, -0.2) is 4.79 Å². The van der Waals surface area contributed by atoms with Gasteiger partial charge in [0.2, 0.25) is 5.91 Å². The summed E-state index contributed by atoms with van der Waals surface area (Å²) >= 11 is 0. The van der Waals surface area contributed by atoms with Crippen LogP contribution in [0.3, 0.4) is 0 Å². The number of rotatable bonds is 12. The second-order valence-electron chi connectivity index (χ2n) is 9.69. The van der Waals surface area contributed by atoms with Gasteiger partial charge in [0, 0.05) is 12.5 Å². The number of amides is 2. The Balaban J connectivity index is 1.38. The van der Waals surface area contributed by atoms with E-state index in [2.05, 4.69) is 10.6 Å². The molecule has 0 bridgehead atoms. The zero-order valence-electron chi connectivity index (χ0n) is 22.2. The van der Waals surface area contributed by atoms with Gasteiger partial charge in [-0.3, -0.25) is 14.4 Å². The number of aliphatic carboxylic acids is 1. The first-order valence-corrected chi connectivity index (χ1v) is 13.1. The highest BCUT2D eigenvalue weighted by molar-refractivity contribution is 5.89. The van der Waals surface area contributed by atoms with E-state index in [0.29, 0.717) is 0 Å². The molecule has 0 aliphatic heterocycles. The molecular formula is C31H32N2O7. The van der Waals surface area contributed by atoms with Gasteiger partial charge in [0.15, 0.2) is 0 Å². The predicted octanol–water partition coefficient (Wildman–Crippen LogP) is 4.25. The molecule has 2 atom stereocenters. The molecule has 0 heterocycles. The lowest BCUT2D eigenvalue weighted by Gasteiger charge is -2.19. The molecule has 40 heavy (non-hydrogen) atoms. The van der Waals surface area contributed by atoms with Crippen molar-refractivity contribution >= 4 is 23.9 Å². The number of ether oxygens (including phenoxy) is 2. The third-order valence-corrected chi connectivity index (χ3v) is 6.86. The van der Waals surface area contributed by atoms with Gasteiger partial charge < -0.3 is 25.2 Å². The Labute approximate surface area is 232 Å². The van der Waals surface area contributed by atoms with Crippen LogP contribution >= 0.6 is 0 Å². The van der Waals surface area contributed by atoms with Crippen molar-refractivity contribution in [1.29, 1.82) is 0 Å². The number of hydrogen-bond donors (Lipinski definition) is 3. The summed E-state index contributed by atoms with van der Waals surface area (Å²) in [5, 5.41) is 14.2. The molecule has 4 rings (SSSR count). The quantitative estimate of drug-likeness (QED) is 0.291. The summed E-state index contributed by atoms with van der Waals surface area (Å²) in [6.07, 6.45) is -1.08. The molecule has 0 aromatic heterocycles. The SMILES string of the molecule is CC(CCNC(=O)[C@H](CC(=O)OCc1ccccc1)NC(=O)OCC1c2ccccc2-c2ccccc21)C(=O)O. The highest BCUT2D eigenvalue weighted by Gasteiger charge is 2.30. The molecule has 0 fully saturated rings. The molecule has 1 unspecified atom stereocenters. The van der Waals surface area contributed by atoms with Gasteiger partial charge in [-0.15, -0.1) is 0 Å². The Hall–Kier alpha value is -4.66.